The van der Waals surface area contributed by atoms with Crippen LogP contribution in [-0.2, 0) is 0 Å². The molecule has 0 aliphatic carbocycles. The summed E-state index contributed by atoms with van der Waals surface area (Å²) in [5.74, 6) is 0. The van der Waals surface area contributed by atoms with E-state index >= 15 is 0 Å². The average molecular weight is 94.1 g/mol. The first-order valence-corrected chi connectivity index (χ1v) is 0.658. The second-order valence-electron chi connectivity index (χ2n) is 0.205. The van der Waals surface area contributed by atoms with Crippen molar-refractivity contribution in [1.29, 1.82) is 0 Å². The molecule has 0 aromatic carbocycles. The Bertz CT molecular complexity index is 27.9. The molecule has 0 aromatic heterocycles. The largest absolute Gasteiger partial charge is 1.00 e. The van der Waals surface area contributed by atoms with Gasteiger partial charge in [0.2, 0.25) is 0 Å². The number of nitrogens with zero attached hydrogens (tertiary/aromatic N) is 3. The first-order valence-electron chi connectivity index (χ1n) is 0.658. The van der Waals surface area contributed by atoms with Crippen LogP contribution in [0.25, 0.3) is 5.53 Å². The Morgan fingerprint density at radius 3 is 1.80 bits per heavy atom. The van der Waals surface area contributed by atoms with Crippen LogP contribution in [0, 0.1) is 0 Å². The molecule has 3 nitrogen and oxygen atoms in total. The molecule has 0 saturated carbocycles. The maximum atomic E-state index is 7.21. The molecule has 22 valence electrons. The van der Waals surface area contributed by atoms with Gasteiger partial charge in [-0.15, -0.1) is 0 Å². The van der Waals surface area contributed by atoms with Crippen molar-refractivity contribution in [2.24, 2.45) is 10.3 Å². The van der Waals surface area contributed by atoms with Crippen molar-refractivity contribution in [3.63, 3.8) is 0 Å². The summed E-state index contributed by atoms with van der Waals surface area (Å²) in [7, 11) is 0. The van der Waals surface area contributed by atoms with Gasteiger partial charge in [-0.05, 0) is 0 Å². The van der Waals surface area contributed by atoms with Crippen molar-refractivity contribution in [3.05, 3.63) is 5.53 Å². The summed E-state index contributed by atoms with van der Waals surface area (Å²) in [5, 5.41) is 4.56. The molecule has 5 heavy (non-hydrogen) atoms. The molecule has 0 radical (unpaired) electrons. The van der Waals surface area contributed by atoms with Crippen LogP contribution in [0.2, 0.25) is 0 Å². The van der Waals surface area contributed by atoms with Crippen LogP contribution in [-0.4, -0.2) is 6.72 Å². The van der Waals surface area contributed by atoms with Crippen molar-refractivity contribution < 1.29 is 51.4 Å². The molecule has 0 aliphatic rings. The zero-order chi connectivity index (χ0) is 3.41. The maximum absolute atomic E-state index is 7.21. The predicted octanol–water partition coefficient (Wildman–Crippen LogP) is -2.50. The van der Waals surface area contributed by atoms with Gasteiger partial charge < -0.3 is 22.6 Å². The second kappa shape index (κ2) is 8.86. The van der Waals surface area contributed by atoms with Crippen LogP contribution >= 0.6 is 0 Å². The predicted molar refractivity (Wildman–Crippen MR) is 14.3 cm³/mol. The van der Waals surface area contributed by atoms with E-state index in [4.69, 9.17) is 5.53 Å². The molecular weight excluding hydrogens is 93.1 g/mol. The van der Waals surface area contributed by atoms with Gasteiger partial charge in [-0.2, -0.15) is 0 Å². The molecule has 0 aromatic rings. The summed E-state index contributed by atoms with van der Waals surface area (Å²) in [5.41, 5.74) is 7.21. The fraction of sp³-hybridized carbons (Fsp3) is 0. The third kappa shape index (κ3) is 11.4. The molecule has 0 spiro atoms. The van der Waals surface area contributed by atoms with Crippen molar-refractivity contribution in [2.75, 3.05) is 0 Å². The van der Waals surface area contributed by atoms with E-state index in [2.05, 4.69) is 17.0 Å². The quantitative estimate of drug-likeness (QED) is 0.113. The first-order chi connectivity index (χ1) is 1.91. The van der Waals surface area contributed by atoms with Crippen LogP contribution in [0.4, 0.5) is 0 Å². The summed E-state index contributed by atoms with van der Waals surface area (Å²) < 4.78 is 0. The second-order valence-corrected chi connectivity index (χ2v) is 0.205. The van der Waals surface area contributed by atoms with E-state index in [0.717, 1.165) is 0 Å². The molecule has 0 rings (SSSR count). The van der Waals surface area contributed by atoms with E-state index < -0.39 is 0 Å². The third-order valence-electron chi connectivity index (χ3n) is 0.0516. The summed E-state index contributed by atoms with van der Waals surface area (Å²) in [4.78, 5) is 0. The molecule has 4 heteroatoms. The Kier molecular flexibility index (Phi) is 16.5. The van der Waals surface area contributed by atoms with Gasteiger partial charge in [0.25, 0.3) is 0 Å². The zero-order valence-corrected chi connectivity index (χ0v) is 6.04. The van der Waals surface area contributed by atoms with Gasteiger partial charge in [-0.25, -0.2) is 0 Å². The topological polar surface area (TPSA) is 47.0 Å². The van der Waals surface area contributed by atoms with Crippen LogP contribution < -0.4 is 51.4 Å². The van der Waals surface area contributed by atoms with Crippen molar-refractivity contribution in [1.82, 2.24) is 0 Å². The van der Waals surface area contributed by atoms with E-state index in [1.54, 1.807) is 0 Å². The summed E-state index contributed by atoms with van der Waals surface area (Å²) in [6.45, 7) is 4.24. The molecule has 0 fully saturated rings. The van der Waals surface area contributed by atoms with Crippen LogP contribution in [0.5, 0.6) is 0 Å². The minimum absolute atomic E-state index is 0. The van der Waals surface area contributed by atoms with Gasteiger partial charge >= 0.3 is 51.4 Å². The van der Waals surface area contributed by atoms with E-state index in [0.29, 0.717) is 0 Å². The minimum Gasteiger partial charge on any atom is -0.575 e. The van der Waals surface area contributed by atoms with Crippen LogP contribution in [0.1, 0.15) is 0 Å². The summed E-state index contributed by atoms with van der Waals surface area (Å²) >= 11 is 0. The first kappa shape index (κ1) is 9.32. The minimum atomic E-state index is 0. The van der Waals surface area contributed by atoms with Crippen LogP contribution in [0.3, 0.4) is 0 Å². The standard InChI is InChI=1S/CHN3.K/c1-3-4-2;/h1H;/q-2;+1. The molecular formula is CHKN3-. The van der Waals surface area contributed by atoms with E-state index in [1.807, 2.05) is 0 Å². The van der Waals surface area contributed by atoms with Crippen molar-refractivity contribution >= 4 is 6.72 Å². The third-order valence-corrected chi connectivity index (χ3v) is 0.0516. The zero-order valence-electron chi connectivity index (χ0n) is 2.92. The smallest absolute Gasteiger partial charge is 0.575 e. The molecule has 0 atom stereocenters. The van der Waals surface area contributed by atoms with E-state index in [9.17, 15) is 0 Å². The Morgan fingerprint density at radius 1 is 1.60 bits per heavy atom. The molecule has 0 N–H and O–H groups in total. The Hall–Kier alpha value is 0.906. The Labute approximate surface area is 72.8 Å². The maximum Gasteiger partial charge on any atom is 1.00 e. The molecule has 0 amide bonds. The van der Waals surface area contributed by atoms with Gasteiger partial charge in [-0.3, -0.25) is 0 Å². The number of hydrogen-bond acceptors (Lipinski definition) is 1. The van der Waals surface area contributed by atoms with E-state index in [-0.39, 0.29) is 51.4 Å². The molecule has 0 aliphatic heterocycles. The van der Waals surface area contributed by atoms with Gasteiger partial charge in [-0.1, -0.05) is 0 Å². The molecule has 0 saturated heterocycles. The number of rotatable bonds is 1. The summed E-state index contributed by atoms with van der Waals surface area (Å²) in [6.07, 6.45) is 0. The molecule has 0 bridgehead atoms. The average Bonchev–Trinajstić information content (AvgIpc) is 1.37. The van der Waals surface area contributed by atoms with Gasteiger partial charge in [0.05, 0.1) is 0 Å². The normalized spacial score (nSPS) is 4.00. The number of hydrogen-bond donors (Lipinski definition) is 0. The Balaban J connectivity index is 0. The summed E-state index contributed by atoms with van der Waals surface area (Å²) in [6, 6.07) is 0. The van der Waals surface area contributed by atoms with Crippen LogP contribution in [0.15, 0.2) is 10.3 Å². The van der Waals surface area contributed by atoms with Crippen molar-refractivity contribution in [2.45, 2.75) is 0 Å². The van der Waals surface area contributed by atoms with Gasteiger partial charge in [0.15, 0.2) is 0 Å². The van der Waals surface area contributed by atoms with Gasteiger partial charge in [0, 0.05) is 0 Å². The fourth-order valence-corrected chi connectivity index (χ4v) is 0. The van der Waals surface area contributed by atoms with Crippen molar-refractivity contribution in [3.8, 4) is 0 Å². The fourth-order valence-electron chi connectivity index (χ4n) is 0. The van der Waals surface area contributed by atoms with E-state index in [1.165, 1.54) is 0 Å². The van der Waals surface area contributed by atoms with Gasteiger partial charge in [0.1, 0.15) is 0 Å². The SMILES string of the molecule is [CH-]=NN=[N-].[K+]. The monoisotopic (exact) mass is 94.0 g/mol. The Morgan fingerprint density at radius 2 is 1.80 bits per heavy atom. The molecule has 0 unspecified atom stereocenters. The molecule has 0 heterocycles.